The van der Waals surface area contributed by atoms with Gasteiger partial charge in [0.15, 0.2) is 0 Å². The number of aromatic nitrogens is 2. The highest BCUT2D eigenvalue weighted by molar-refractivity contribution is 5.92. The van der Waals surface area contributed by atoms with E-state index < -0.39 is 5.97 Å². The van der Waals surface area contributed by atoms with E-state index in [0.717, 1.165) is 11.1 Å². The number of amides is 2. The van der Waals surface area contributed by atoms with Gasteiger partial charge in [0.05, 0.1) is 12.7 Å². The lowest BCUT2D eigenvalue weighted by Gasteiger charge is -2.36. The number of esters is 1. The van der Waals surface area contributed by atoms with Gasteiger partial charge >= 0.3 is 5.97 Å². The topological polar surface area (TPSA) is 93.5 Å². The number of fused-ring (bicyclic) bond motifs is 1. The maximum absolute atomic E-state index is 13.1. The Bertz CT molecular complexity index is 1310. The third-order valence-electron chi connectivity index (χ3n) is 6.37. The van der Waals surface area contributed by atoms with E-state index in [2.05, 4.69) is 16.2 Å². The molecule has 0 aliphatic carbocycles. The van der Waals surface area contributed by atoms with Crippen LogP contribution in [0.4, 0.5) is 0 Å². The van der Waals surface area contributed by atoms with Crippen LogP contribution in [0.15, 0.2) is 60.8 Å². The minimum atomic E-state index is -0.397. The first-order valence-electron chi connectivity index (χ1n) is 12.3. The minimum Gasteiger partial charge on any atom is -0.465 e. The Labute approximate surface area is 216 Å². The molecule has 2 amide bonds. The standard InChI is InChI=1S/C29H30N4O4/c1-3-4-6-14-25(34)33-18-17-32-20-24(31-27(32)26(33)22-11-7-5-8-12-22)28(35)30-16-15-21-10-9-13-23(19-21)29(36)37-2/h1,5,7-13,19-20,26H,4,6,14-18H2,2H3,(H,30,35). The van der Waals surface area contributed by atoms with Crippen LogP contribution in [0.1, 0.15) is 63.1 Å². The average molecular weight is 499 g/mol. The number of ether oxygens (including phenoxy) is 1. The van der Waals surface area contributed by atoms with Crippen LogP contribution in [-0.2, 0) is 22.5 Å². The summed E-state index contributed by atoms with van der Waals surface area (Å²) >= 11 is 0. The zero-order valence-corrected chi connectivity index (χ0v) is 20.9. The number of imidazole rings is 1. The lowest BCUT2D eigenvalue weighted by atomic mass is 10.0. The van der Waals surface area contributed by atoms with Crippen molar-refractivity contribution in [3.63, 3.8) is 0 Å². The zero-order chi connectivity index (χ0) is 26.2. The number of hydrogen-bond donors (Lipinski definition) is 1. The van der Waals surface area contributed by atoms with Crippen molar-refractivity contribution in [3.05, 3.63) is 89.0 Å². The van der Waals surface area contributed by atoms with Gasteiger partial charge in [0.1, 0.15) is 17.6 Å². The summed E-state index contributed by atoms with van der Waals surface area (Å²) in [4.78, 5) is 44.3. The van der Waals surface area contributed by atoms with Crippen molar-refractivity contribution in [2.24, 2.45) is 0 Å². The lowest BCUT2D eigenvalue weighted by Crippen LogP contribution is -2.42. The monoisotopic (exact) mass is 498 g/mol. The van der Waals surface area contributed by atoms with Crippen LogP contribution in [0.5, 0.6) is 0 Å². The molecule has 0 bridgehead atoms. The van der Waals surface area contributed by atoms with Crippen LogP contribution in [0.2, 0.25) is 0 Å². The quantitative estimate of drug-likeness (QED) is 0.277. The molecule has 190 valence electrons. The van der Waals surface area contributed by atoms with E-state index in [1.807, 2.05) is 45.9 Å². The van der Waals surface area contributed by atoms with Crippen LogP contribution in [0, 0.1) is 12.3 Å². The van der Waals surface area contributed by atoms with Crippen molar-refractivity contribution in [1.82, 2.24) is 19.8 Å². The Kier molecular flexibility index (Phi) is 8.37. The molecule has 1 N–H and O–H groups in total. The highest BCUT2D eigenvalue weighted by Crippen LogP contribution is 2.32. The van der Waals surface area contributed by atoms with Crippen LogP contribution in [-0.4, -0.2) is 52.4 Å². The van der Waals surface area contributed by atoms with Crippen molar-refractivity contribution in [2.45, 2.75) is 38.3 Å². The Balaban J connectivity index is 1.48. The molecule has 0 saturated carbocycles. The van der Waals surface area contributed by atoms with Crippen LogP contribution in [0.3, 0.4) is 0 Å². The summed E-state index contributed by atoms with van der Waals surface area (Å²) in [5.41, 5.74) is 2.63. The van der Waals surface area contributed by atoms with Gasteiger partial charge in [-0.15, -0.1) is 12.3 Å². The third-order valence-corrected chi connectivity index (χ3v) is 6.37. The number of nitrogens with zero attached hydrogens (tertiary/aromatic N) is 3. The first kappa shape index (κ1) is 25.7. The predicted molar refractivity (Wildman–Crippen MR) is 139 cm³/mol. The molecule has 1 aliphatic rings. The molecule has 0 radical (unpaired) electrons. The summed E-state index contributed by atoms with van der Waals surface area (Å²) < 4.78 is 6.72. The number of carbonyl (C=O) groups is 3. The number of unbranched alkanes of at least 4 members (excludes halogenated alkanes) is 1. The molecular weight excluding hydrogens is 468 g/mol. The number of benzene rings is 2. The second-order valence-electron chi connectivity index (χ2n) is 8.83. The molecule has 1 atom stereocenters. The van der Waals surface area contributed by atoms with Crippen molar-refractivity contribution in [2.75, 3.05) is 20.2 Å². The highest BCUT2D eigenvalue weighted by Gasteiger charge is 2.34. The van der Waals surface area contributed by atoms with Crippen LogP contribution < -0.4 is 5.32 Å². The Hall–Kier alpha value is -4.38. The van der Waals surface area contributed by atoms with Gasteiger partial charge in [-0.1, -0.05) is 42.5 Å². The van der Waals surface area contributed by atoms with Crippen molar-refractivity contribution in [3.8, 4) is 12.3 Å². The molecule has 37 heavy (non-hydrogen) atoms. The van der Waals surface area contributed by atoms with Gasteiger partial charge in [0.25, 0.3) is 5.91 Å². The Morgan fingerprint density at radius 1 is 1.14 bits per heavy atom. The first-order valence-corrected chi connectivity index (χ1v) is 12.3. The van der Waals surface area contributed by atoms with Crippen molar-refractivity contribution in [1.29, 1.82) is 0 Å². The fourth-order valence-corrected chi connectivity index (χ4v) is 4.52. The molecule has 1 aromatic heterocycles. The highest BCUT2D eigenvalue weighted by atomic mass is 16.5. The normalized spacial score (nSPS) is 14.4. The molecule has 0 saturated heterocycles. The smallest absolute Gasteiger partial charge is 0.337 e. The van der Waals surface area contributed by atoms with Crippen molar-refractivity contribution >= 4 is 17.8 Å². The molecular formula is C29H30N4O4. The van der Waals surface area contributed by atoms with Gasteiger partial charge < -0.3 is 19.5 Å². The summed E-state index contributed by atoms with van der Waals surface area (Å²) in [6, 6.07) is 16.5. The molecule has 1 aliphatic heterocycles. The molecule has 2 heterocycles. The number of hydrogen-bond acceptors (Lipinski definition) is 5. The number of terminal acetylenes is 1. The maximum Gasteiger partial charge on any atom is 0.337 e. The van der Waals surface area contributed by atoms with E-state index in [-0.39, 0.29) is 17.9 Å². The summed E-state index contributed by atoms with van der Waals surface area (Å²) in [6.45, 7) is 1.46. The molecule has 0 spiro atoms. The second-order valence-corrected chi connectivity index (χ2v) is 8.83. The van der Waals surface area contributed by atoms with Crippen molar-refractivity contribution < 1.29 is 19.1 Å². The first-order chi connectivity index (χ1) is 18.0. The summed E-state index contributed by atoms with van der Waals surface area (Å²) in [5, 5.41) is 2.91. The zero-order valence-electron chi connectivity index (χ0n) is 20.9. The van der Waals surface area contributed by atoms with Gasteiger partial charge in [-0.05, 0) is 36.1 Å². The van der Waals surface area contributed by atoms with Gasteiger partial charge in [0, 0.05) is 38.7 Å². The Morgan fingerprint density at radius 2 is 1.95 bits per heavy atom. The van der Waals surface area contributed by atoms with Gasteiger partial charge in [-0.3, -0.25) is 9.59 Å². The lowest BCUT2D eigenvalue weighted by molar-refractivity contribution is -0.134. The van der Waals surface area contributed by atoms with E-state index in [1.54, 1.807) is 24.4 Å². The molecule has 0 fully saturated rings. The summed E-state index contributed by atoms with van der Waals surface area (Å²) in [7, 11) is 1.34. The van der Waals surface area contributed by atoms with E-state index in [4.69, 9.17) is 11.2 Å². The van der Waals surface area contributed by atoms with E-state index in [0.29, 0.717) is 62.4 Å². The predicted octanol–water partition coefficient (Wildman–Crippen LogP) is 3.38. The molecule has 1 unspecified atom stereocenters. The Morgan fingerprint density at radius 3 is 2.70 bits per heavy atom. The minimum absolute atomic E-state index is 0.0264. The number of methoxy groups -OCH3 is 1. The summed E-state index contributed by atoms with van der Waals surface area (Å²) in [6.07, 6.45) is 9.22. The summed E-state index contributed by atoms with van der Waals surface area (Å²) in [5.74, 6) is 2.59. The molecule has 3 aromatic rings. The van der Waals surface area contributed by atoms with E-state index in [9.17, 15) is 14.4 Å². The second kappa shape index (κ2) is 12.0. The molecule has 8 nitrogen and oxygen atoms in total. The number of nitrogens with one attached hydrogen (secondary N) is 1. The third kappa shape index (κ3) is 6.07. The van der Waals surface area contributed by atoms with Crippen LogP contribution in [0.25, 0.3) is 0 Å². The maximum atomic E-state index is 13.1. The molecule has 8 heteroatoms. The SMILES string of the molecule is C#CCCCC(=O)N1CCn2cc(C(=O)NCCc3cccc(C(=O)OC)c3)nc2C1c1ccccc1. The van der Waals surface area contributed by atoms with E-state index >= 15 is 0 Å². The average Bonchev–Trinajstić information content (AvgIpc) is 3.37. The van der Waals surface area contributed by atoms with E-state index in [1.165, 1.54) is 7.11 Å². The van der Waals surface area contributed by atoms with Gasteiger partial charge in [0.2, 0.25) is 5.91 Å². The fraction of sp³-hybridized carbons (Fsp3) is 0.310. The van der Waals surface area contributed by atoms with Crippen LogP contribution >= 0.6 is 0 Å². The van der Waals surface area contributed by atoms with Gasteiger partial charge in [-0.2, -0.15) is 0 Å². The largest absolute Gasteiger partial charge is 0.465 e. The molecule has 4 rings (SSSR count). The number of carbonyl (C=O) groups excluding carboxylic acids is 3. The molecule has 2 aromatic carbocycles. The number of rotatable bonds is 9. The fourth-order valence-electron chi connectivity index (χ4n) is 4.52. The van der Waals surface area contributed by atoms with Gasteiger partial charge in [-0.25, -0.2) is 9.78 Å².